The molecule has 33 heavy (non-hydrogen) atoms. The number of methoxy groups -OCH3 is 1. The van der Waals surface area contributed by atoms with E-state index in [-0.39, 0.29) is 23.8 Å². The van der Waals surface area contributed by atoms with Gasteiger partial charge in [-0.2, -0.15) is 4.98 Å². The predicted molar refractivity (Wildman–Crippen MR) is 128 cm³/mol. The molecule has 0 spiro atoms. The summed E-state index contributed by atoms with van der Waals surface area (Å²) in [6, 6.07) is 11.0. The zero-order valence-corrected chi connectivity index (χ0v) is 19.2. The van der Waals surface area contributed by atoms with Gasteiger partial charge in [-0.25, -0.2) is 0 Å². The van der Waals surface area contributed by atoms with Gasteiger partial charge in [0.15, 0.2) is 0 Å². The topological polar surface area (TPSA) is 89.6 Å². The number of hydrogen-bond acceptors (Lipinski definition) is 6. The van der Waals surface area contributed by atoms with Crippen LogP contribution in [0.3, 0.4) is 0 Å². The summed E-state index contributed by atoms with van der Waals surface area (Å²) in [4.78, 5) is 29.6. The van der Waals surface area contributed by atoms with E-state index in [4.69, 9.17) is 9.47 Å². The number of ether oxygens (including phenoxy) is 2. The Hall–Kier alpha value is -3.61. The SMILES string of the molecule is C=CCNc1cc(C(=O)NC(Cc2cccc(CC=C)c2)C2CC(C)C(=O)O2)cc(OC)n1. The van der Waals surface area contributed by atoms with Gasteiger partial charge in [-0.05, 0) is 36.5 Å². The molecular formula is C26H31N3O4. The smallest absolute Gasteiger partial charge is 0.309 e. The lowest BCUT2D eigenvalue weighted by Crippen LogP contribution is -2.45. The molecule has 7 heteroatoms. The molecule has 3 rings (SSSR count). The molecule has 0 radical (unpaired) electrons. The number of cyclic esters (lactones) is 1. The van der Waals surface area contributed by atoms with E-state index in [9.17, 15) is 9.59 Å². The molecule has 1 amide bonds. The molecule has 0 bridgehead atoms. The highest BCUT2D eigenvalue weighted by Gasteiger charge is 2.37. The van der Waals surface area contributed by atoms with Crippen molar-refractivity contribution in [1.29, 1.82) is 0 Å². The summed E-state index contributed by atoms with van der Waals surface area (Å²) < 4.78 is 10.9. The first-order valence-electron chi connectivity index (χ1n) is 11.0. The average Bonchev–Trinajstić information content (AvgIpc) is 3.15. The minimum absolute atomic E-state index is 0.197. The summed E-state index contributed by atoms with van der Waals surface area (Å²) in [6.07, 6.45) is 5.01. The van der Waals surface area contributed by atoms with E-state index in [1.165, 1.54) is 7.11 Å². The second kappa shape index (κ2) is 11.3. The summed E-state index contributed by atoms with van der Waals surface area (Å²) >= 11 is 0. The van der Waals surface area contributed by atoms with Crippen LogP contribution in [0, 0.1) is 5.92 Å². The van der Waals surface area contributed by atoms with Gasteiger partial charge in [0, 0.05) is 18.2 Å². The van der Waals surface area contributed by atoms with E-state index < -0.39 is 6.10 Å². The number of rotatable bonds is 11. The minimum atomic E-state index is -0.401. The molecule has 0 saturated carbocycles. The lowest BCUT2D eigenvalue weighted by molar-refractivity contribution is -0.144. The van der Waals surface area contributed by atoms with Crippen LogP contribution in [0.25, 0.3) is 0 Å². The van der Waals surface area contributed by atoms with Crippen molar-refractivity contribution in [2.75, 3.05) is 19.0 Å². The third kappa shape index (κ3) is 6.44. The average molecular weight is 450 g/mol. The lowest BCUT2D eigenvalue weighted by atomic mass is 9.95. The van der Waals surface area contributed by atoms with Crippen LogP contribution in [0.5, 0.6) is 5.88 Å². The summed E-state index contributed by atoms with van der Waals surface area (Å²) in [7, 11) is 1.50. The molecule has 7 nitrogen and oxygen atoms in total. The van der Waals surface area contributed by atoms with Gasteiger partial charge < -0.3 is 20.1 Å². The molecule has 1 saturated heterocycles. The number of carbonyl (C=O) groups is 2. The number of benzene rings is 1. The monoisotopic (exact) mass is 449 g/mol. The normalized spacial score (nSPS) is 18.2. The number of esters is 1. The summed E-state index contributed by atoms with van der Waals surface area (Å²) in [5.74, 6) is 0.108. The van der Waals surface area contributed by atoms with Crippen LogP contribution in [-0.2, 0) is 22.4 Å². The Morgan fingerprint density at radius 2 is 2.06 bits per heavy atom. The highest BCUT2D eigenvalue weighted by atomic mass is 16.6. The highest BCUT2D eigenvalue weighted by Crippen LogP contribution is 2.26. The zero-order valence-electron chi connectivity index (χ0n) is 19.2. The summed E-state index contributed by atoms with van der Waals surface area (Å²) in [5.41, 5.74) is 2.59. The van der Waals surface area contributed by atoms with Crippen molar-refractivity contribution in [3.05, 3.63) is 78.4 Å². The van der Waals surface area contributed by atoms with Crippen molar-refractivity contribution < 1.29 is 19.1 Å². The van der Waals surface area contributed by atoms with Crippen molar-refractivity contribution in [3.8, 4) is 5.88 Å². The maximum Gasteiger partial charge on any atom is 0.309 e. The fraction of sp³-hybridized carbons (Fsp3) is 0.346. The van der Waals surface area contributed by atoms with Gasteiger partial charge in [0.2, 0.25) is 5.88 Å². The number of anilines is 1. The number of carbonyl (C=O) groups excluding carboxylic acids is 2. The molecule has 174 valence electrons. The zero-order chi connectivity index (χ0) is 23.8. The van der Waals surface area contributed by atoms with Gasteiger partial charge in [0.25, 0.3) is 5.91 Å². The first-order valence-corrected chi connectivity index (χ1v) is 11.0. The summed E-state index contributed by atoms with van der Waals surface area (Å²) in [6.45, 7) is 9.83. The highest BCUT2D eigenvalue weighted by molar-refractivity contribution is 5.95. The third-order valence-corrected chi connectivity index (χ3v) is 5.55. The molecule has 2 aromatic rings. The molecular weight excluding hydrogens is 418 g/mol. The molecule has 1 aromatic carbocycles. The van der Waals surface area contributed by atoms with E-state index in [0.29, 0.717) is 36.6 Å². The van der Waals surface area contributed by atoms with Crippen LogP contribution in [0.1, 0.15) is 34.8 Å². The number of aromatic nitrogens is 1. The number of amides is 1. The van der Waals surface area contributed by atoms with Gasteiger partial charge in [0.05, 0.1) is 19.1 Å². The van der Waals surface area contributed by atoms with Crippen molar-refractivity contribution in [3.63, 3.8) is 0 Å². The standard InChI is InChI=1S/C26H31N3O4/c1-5-8-18-9-7-10-19(13-18)14-21(22-12-17(3)26(31)33-22)28-25(30)20-15-23(27-11-6-2)29-24(16-20)32-4/h5-7,9-10,13,15-17,21-22H,1-2,8,11-12,14H2,3-4H3,(H,27,29)(H,28,30). The Kier molecular flexibility index (Phi) is 8.24. The maximum atomic E-state index is 13.2. The Balaban J connectivity index is 1.84. The number of pyridine rings is 1. The molecule has 0 aliphatic carbocycles. The van der Waals surface area contributed by atoms with Crippen molar-refractivity contribution in [2.24, 2.45) is 5.92 Å². The number of hydrogen-bond donors (Lipinski definition) is 2. The number of allylic oxidation sites excluding steroid dienone is 1. The molecule has 1 aromatic heterocycles. The van der Waals surface area contributed by atoms with E-state index in [1.807, 2.05) is 31.2 Å². The fourth-order valence-electron chi connectivity index (χ4n) is 3.84. The van der Waals surface area contributed by atoms with Gasteiger partial charge >= 0.3 is 5.97 Å². The number of nitrogens with one attached hydrogen (secondary N) is 2. The second-order valence-electron chi connectivity index (χ2n) is 8.16. The van der Waals surface area contributed by atoms with Gasteiger partial charge in [-0.15, -0.1) is 13.2 Å². The molecule has 3 unspecified atom stereocenters. The van der Waals surface area contributed by atoms with Crippen LogP contribution in [0.15, 0.2) is 61.7 Å². The van der Waals surface area contributed by atoms with Crippen molar-refractivity contribution in [2.45, 2.75) is 38.3 Å². The Bertz CT molecular complexity index is 1020. The van der Waals surface area contributed by atoms with E-state index >= 15 is 0 Å². The molecule has 2 heterocycles. The van der Waals surface area contributed by atoms with Gasteiger partial charge in [-0.3, -0.25) is 9.59 Å². The van der Waals surface area contributed by atoms with E-state index in [0.717, 1.165) is 17.5 Å². The van der Waals surface area contributed by atoms with Crippen LogP contribution in [-0.4, -0.2) is 42.7 Å². The summed E-state index contributed by atoms with van der Waals surface area (Å²) in [5, 5.41) is 6.16. The maximum absolute atomic E-state index is 13.2. The third-order valence-electron chi connectivity index (χ3n) is 5.55. The quantitative estimate of drug-likeness (QED) is 0.402. The first kappa shape index (κ1) is 24.0. The minimum Gasteiger partial charge on any atom is -0.481 e. The molecule has 3 atom stereocenters. The van der Waals surface area contributed by atoms with Crippen molar-refractivity contribution >= 4 is 17.7 Å². The molecule has 1 aliphatic heterocycles. The van der Waals surface area contributed by atoms with Gasteiger partial charge in [-0.1, -0.05) is 43.3 Å². The van der Waals surface area contributed by atoms with E-state index in [1.54, 1.807) is 18.2 Å². The van der Waals surface area contributed by atoms with Gasteiger partial charge in [0.1, 0.15) is 11.9 Å². The lowest BCUT2D eigenvalue weighted by Gasteiger charge is -2.24. The Labute approximate surface area is 194 Å². The Morgan fingerprint density at radius 3 is 2.73 bits per heavy atom. The van der Waals surface area contributed by atoms with E-state index in [2.05, 4.69) is 34.8 Å². The van der Waals surface area contributed by atoms with Crippen LogP contribution in [0.4, 0.5) is 5.82 Å². The molecule has 2 N–H and O–H groups in total. The second-order valence-corrected chi connectivity index (χ2v) is 8.16. The number of nitrogens with zero attached hydrogens (tertiary/aromatic N) is 1. The predicted octanol–water partition coefficient (Wildman–Crippen LogP) is 3.71. The fourth-order valence-corrected chi connectivity index (χ4v) is 3.84. The van der Waals surface area contributed by atoms with Crippen molar-refractivity contribution in [1.82, 2.24) is 10.3 Å². The largest absolute Gasteiger partial charge is 0.481 e. The van der Waals surface area contributed by atoms with Crippen LogP contribution in [0.2, 0.25) is 0 Å². The molecule has 1 aliphatic rings. The van der Waals surface area contributed by atoms with Crippen LogP contribution >= 0.6 is 0 Å². The first-order chi connectivity index (χ1) is 15.9. The Morgan fingerprint density at radius 1 is 1.27 bits per heavy atom. The molecule has 1 fully saturated rings. The van der Waals surface area contributed by atoms with Crippen LogP contribution < -0.4 is 15.4 Å².